The van der Waals surface area contributed by atoms with Gasteiger partial charge in [0.2, 0.25) is 0 Å². The molecule has 1 rings (SSSR count). The lowest BCUT2D eigenvalue weighted by Gasteiger charge is -2.02. The maximum Gasteiger partial charge on any atom is 0.0955 e. The van der Waals surface area contributed by atoms with Gasteiger partial charge < -0.3 is 19.5 Å². The van der Waals surface area contributed by atoms with E-state index in [-0.39, 0.29) is 0 Å². The lowest BCUT2D eigenvalue weighted by atomic mass is 10.3. The van der Waals surface area contributed by atoms with Gasteiger partial charge in [0, 0.05) is 32.1 Å². The van der Waals surface area contributed by atoms with Gasteiger partial charge in [-0.15, -0.1) is 11.3 Å². The molecule has 1 heterocycles. The zero-order chi connectivity index (χ0) is 14.6. The van der Waals surface area contributed by atoms with Crippen molar-refractivity contribution in [3.8, 4) is 0 Å². The molecule has 0 saturated carbocycles. The van der Waals surface area contributed by atoms with Gasteiger partial charge in [-0.3, -0.25) is 0 Å². The third kappa shape index (κ3) is 6.76. The van der Waals surface area contributed by atoms with Crippen LogP contribution >= 0.6 is 11.3 Å². The Kier molecular flexibility index (Phi) is 9.78. The summed E-state index contributed by atoms with van der Waals surface area (Å²) in [5.41, 5.74) is 1.05. The molecule has 0 aliphatic rings. The Hall–Kier alpha value is -0.530. The van der Waals surface area contributed by atoms with E-state index in [9.17, 15) is 0 Å². The Morgan fingerprint density at radius 1 is 1.15 bits per heavy atom. The van der Waals surface area contributed by atoms with Crippen molar-refractivity contribution < 1.29 is 14.2 Å². The molecule has 5 nitrogen and oxygen atoms in total. The quantitative estimate of drug-likeness (QED) is 0.599. The highest BCUT2D eigenvalue weighted by Crippen LogP contribution is 2.20. The normalized spacial score (nSPS) is 11.2. The number of nitrogens with zero attached hydrogens (tertiary/aromatic N) is 1. The lowest BCUT2D eigenvalue weighted by molar-refractivity contribution is 0.0722. The molecule has 0 saturated heterocycles. The number of methoxy groups -OCH3 is 2. The van der Waals surface area contributed by atoms with Crippen molar-refractivity contribution in [2.75, 3.05) is 40.6 Å². The molecule has 1 N–H and O–H groups in total. The number of rotatable bonds is 12. The first-order valence-electron chi connectivity index (χ1n) is 7.05. The predicted octanol–water partition coefficient (Wildman–Crippen LogP) is 1.99. The Bertz CT molecular complexity index is 358. The van der Waals surface area contributed by atoms with Crippen LogP contribution in [0.25, 0.3) is 0 Å². The first-order chi connectivity index (χ1) is 9.81. The molecular weight excluding hydrogens is 276 g/mol. The van der Waals surface area contributed by atoms with Crippen molar-refractivity contribution in [3.63, 3.8) is 0 Å². The van der Waals surface area contributed by atoms with Crippen molar-refractivity contribution >= 4 is 11.3 Å². The molecule has 0 aliphatic carbocycles. The van der Waals surface area contributed by atoms with E-state index in [4.69, 9.17) is 14.2 Å². The monoisotopic (exact) mass is 302 g/mol. The molecule has 0 aliphatic heterocycles. The third-order valence-electron chi connectivity index (χ3n) is 2.71. The first kappa shape index (κ1) is 17.5. The SMILES string of the molecule is CCCNCc1sc(CCOCCOC)nc1COC. The average molecular weight is 302 g/mol. The fraction of sp³-hybridized carbons (Fsp3) is 0.786. The number of thiazole rings is 1. The molecular formula is C14H26N2O3S. The molecule has 0 radical (unpaired) electrons. The highest BCUT2D eigenvalue weighted by atomic mass is 32.1. The van der Waals surface area contributed by atoms with E-state index in [1.54, 1.807) is 25.6 Å². The van der Waals surface area contributed by atoms with Gasteiger partial charge in [-0.25, -0.2) is 4.98 Å². The van der Waals surface area contributed by atoms with E-state index >= 15 is 0 Å². The highest BCUT2D eigenvalue weighted by molar-refractivity contribution is 7.11. The first-order valence-corrected chi connectivity index (χ1v) is 7.87. The summed E-state index contributed by atoms with van der Waals surface area (Å²) in [5.74, 6) is 0. The standard InChI is InChI=1S/C14H26N2O3S/c1-4-6-15-10-13-12(11-18-3)16-14(20-13)5-7-19-9-8-17-2/h15H,4-11H2,1-3H3. The molecule has 0 atom stereocenters. The van der Waals surface area contributed by atoms with Crippen LogP contribution in [0.5, 0.6) is 0 Å². The Morgan fingerprint density at radius 2 is 2.00 bits per heavy atom. The van der Waals surface area contributed by atoms with Gasteiger partial charge >= 0.3 is 0 Å². The van der Waals surface area contributed by atoms with Crippen LogP contribution in [0.4, 0.5) is 0 Å². The minimum atomic E-state index is 0.574. The third-order valence-corrected chi connectivity index (χ3v) is 3.87. The Labute approximate surface area is 125 Å². The summed E-state index contributed by atoms with van der Waals surface area (Å²) in [7, 11) is 3.38. The molecule has 0 amide bonds. The second-order valence-electron chi connectivity index (χ2n) is 4.44. The summed E-state index contributed by atoms with van der Waals surface area (Å²) in [6.45, 7) is 6.60. The van der Waals surface area contributed by atoms with Crippen LogP contribution in [0.2, 0.25) is 0 Å². The number of hydrogen-bond acceptors (Lipinski definition) is 6. The summed E-state index contributed by atoms with van der Waals surface area (Å²) < 4.78 is 15.6. The number of hydrogen-bond donors (Lipinski definition) is 1. The van der Waals surface area contributed by atoms with Gasteiger partial charge in [0.25, 0.3) is 0 Å². The second kappa shape index (κ2) is 11.2. The maximum absolute atomic E-state index is 5.48. The largest absolute Gasteiger partial charge is 0.382 e. The van der Waals surface area contributed by atoms with E-state index in [0.29, 0.717) is 26.4 Å². The molecule has 0 fully saturated rings. The molecule has 0 unspecified atom stereocenters. The van der Waals surface area contributed by atoms with Crippen molar-refractivity contribution in [2.24, 2.45) is 0 Å². The van der Waals surface area contributed by atoms with Gasteiger partial charge in [0.15, 0.2) is 0 Å². The van der Waals surface area contributed by atoms with Crippen LogP contribution < -0.4 is 5.32 Å². The molecule has 1 aromatic heterocycles. The molecule has 20 heavy (non-hydrogen) atoms. The van der Waals surface area contributed by atoms with Crippen LogP contribution in [-0.4, -0.2) is 45.6 Å². The van der Waals surface area contributed by atoms with Crippen LogP contribution in [0.1, 0.15) is 28.9 Å². The summed E-state index contributed by atoms with van der Waals surface area (Å²) in [6.07, 6.45) is 1.98. The van der Waals surface area contributed by atoms with E-state index in [2.05, 4.69) is 17.2 Å². The van der Waals surface area contributed by atoms with Crippen LogP contribution in [0.15, 0.2) is 0 Å². The highest BCUT2D eigenvalue weighted by Gasteiger charge is 2.10. The minimum absolute atomic E-state index is 0.574. The van der Waals surface area contributed by atoms with Crippen molar-refractivity contribution in [1.82, 2.24) is 10.3 Å². The van der Waals surface area contributed by atoms with Gasteiger partial charge in [-0.05, 0) is 13.0 Å². The van der Waals surface area contributed by atoms with Gasteiger partial charge in [-0.1, -0.05) is 6.92 Å². The van der Waals surface area contributed by atoms with Crippen molar-refractivity contribution in [2.45, 2.75) is 32.9 Å². The van der Waals surface area contributed by atoms with E-state index in [0.717, 1.165) is 36.6 Å². The summed E-state index contributed by atoms with van der Waals surface area (Å²) in [4.78, 5) is 5.91. The summed E-state index contributed by atoms with van der Waals surface area (Å²) >= 11 is 1.75. The maximum atomic E-state index is 5.48. The Balaban J connectivity index is 2.43. The zero-order valence-corrected chi connectivity index (χ0v) is 13.6. The molecule has 6 heteroatoms. The number of ether oxygens (including phenoxy) is 3. The smallest absolute Gasteiger partial charge is 0.0955 e. The minimum Gasteiger partial charge on any atom is -0.382 e. The summed E-state index contributed by atoms with van der Waals surface area (Å²) in [6, 6.07) is 0. The van der Waals surface area contributed by atoms with E-state index in [1.807, 2.05) is 0 Å². The second-order valence-corrected chi connectivity index (χ2v) is 5.61. The fourth-order valence-electron chi connectivity index (χ4n) is 1.71. The van der Waals surface area contributed by atoms with E-state index in [1.165, 1.54) is 4.88 Å². The van der Waals surface area contributed by atoms with Crippen LogP contribution in [0.3, 0.4) is 0 Å². The predicted molar refractivity (Wildman–Crippen MR) is 81.2 cm³/mol. The van der Waals surface area contributed by atoms with Gasteiger partial charge in [0.1, 0.15) is 0 Å². The molecule has 1 aromatic rings. The molecule has 0 bridgehead atoms. The Morgan fingerprint density at radius 3 is 2.70 bits per heavy atom. The molecule has 0 aromatic carbocycles. The number of nitrogens with one attached hydrogen (secondary N) is 1. The van der Waals surface area contributed by atoms with E-state index < -0.39 is 0 Å². The average Bonchev–Trinajstić information content (AvgIpc) is 2.82. The van der Waals surface area contributed by atoms with Gasteiger partial charge in [-0.2, -0.15) is 0 Å². The molecule has 0 spiro atoms. The lowest BCUT2D eigenvalue weighted by Crippen LogP contribution is -2.14. The number of aromatic nitrogens is 1. The molecule has 116 valence electrons. The fourth-order valence-corrected chi connectivity index (χ4v) is 2.74. The van der Waals surface area contributed by atoms with Gasteiger partial charge in [0.05, 0.1) is 37.1 Å². The topological polar surface area (TPSA) is 52.6 Å². The van der Waals surface area contributed by atoms with Crippen molar-refractivity contribution in [1.29, 1.82) is 0 Å². The zero-order valence-electron chi connectivity index (χ0n) is 12.7. The summed E-state index contributed by atoms with van der Waals surface area (Å²) in [5, 5.41) is 4.53. The van der Waals surface area contributed by atoms with Crippen molar-refractivity contribution in [3.05, 3.63) is 15.6 Å². The van der Waals surface area contributed by atoms with Crippen LogP contribution in [0, 0.1) is 0 Å². The van der Waals surface area contributed by atoms with Crippen LogP contribution in [-0.2, 0) is 33.8 Å².